The van der Waals surface area contributed by atoms with Gasteiger partial charge in [-0.15, -0.1) is 10.2 Å². The van der Waals surface area contributed by atoms with Crippen LogP contribution in [0.2, 0.25) is 0 Å². The second-order valence-electron chi connectivity index (χ2n) is 6.55. The molecule has 8 heteroatoms. The van der Waals surface area contributed by atoms with Crippen molar-refractivity contribution in [3.8, 4) is 0 Å². The Morgan fingerprint density at radius 2 is 2.04 bits per heavy atom. The zero-order valence-electron chi connectivity index (χ0n) is 16.4. The molecule has 6 nitrogen and oxygen atoms in total. The van der Waals surface area contributed by atoms with E-state index in [-0.39, 0.29) is 23.4 Å². The molecule has 0 bridgehead atoms. The van der Waals surface area contributed by atoms with Gasteiger partial charge in [0.25, 0.3) is 0 Å². The maximum atomic E-state index is 13.7. The van der Waals surface area contributed by atoms with Gasteiger partial charge in [0, 0.05) is 6.54 Å². The van der Waals surface area contributed by atoms with Crippen molar-refractivity contribution in [2.24, 2.45) is 0 Å². The zero-order chi connectivity index (χ0) is 19.8. The van der Waals surface area contributed by atoms with Crippen molar-refractivity contribution >= 4 is 23.4 Å². The molecule has 2 rings (SSSR count). The molecule has 1 heterocycles. The Labute approximate surface area is 164 Å². The number of anilines is 1. The highest BCUT2D eigenvalue weighted by molar-refractivity contribution is 7.99. The summed E-state index contributed by atoms with van der Waals surface area (Å²) in [6.07, 6.45) is 3.01. The van der Waals surface area contributed by atoms with E-state index in [1.54, 1.807) is 18.2 Å². The van der Waals surface area contributed by atoms with Crippen LogP contribution in [0, 0.1) is 5.82 Å². The van der Waals surface area contributed by atoms with E-state index >= 15 is 0 Å². The van der Waals surface area contributed by atoms with E-state index in [0.29, 0.717) is 0 Å². The molecule has 0 fully saturated rings. The van der Waals surface area contributed by atoms with E-state index in [4.69, 9.17) is 0 Å². The fraction of sp³-hybridized carbons (Fsp3) is 0.526. The third kappa shape index (κ3) is 5.77. The quantitative estimate of drug-likeness (QED) is 0.619. The fourth-order valence-corrected chi connectivity index (χ4v) is 3.61. The summed E-state index contributed by atoms with van der Waals surface area (Å²) in [7, 11) is 4.06. The highest BCUT2D eigenvalue weighted by atomic mass is 32.2. The van der Waals surface area contributed by atoms with E-state index in [1.165, 1.54) is 17.8 Å². The first-order valence-corrected chi connectivity index (χ1v) is 10.2. The number of thioether (sulfide) groups is 1. The molecule has 0 aliphatic rings. The predicted octanol–water partition coefficient (Wildman–Crippen LogP) is 3.96. The third-order valence-electron chi connectivity index (χ3n) is 4.27. The lowest BCUT2D eigenvalue weighted by atomic mass is 10.2. The molecule has 0 saturated carbocycles. The zero-order valence-corrected chi connectivity index (χ0v) is 17.2. The molecule has 0 unspecified atom stereocenters. The van der Waals surface area contributed by atoms with Crippen LogP contribution < -0.4 is 5.32 Å². The van der Waals surface area contributed by atoms with Gasteiger partial charge < -0.3 is 9.88 Å². The molecule has 1 amide bonds. The SMILES string of the molecule is CCCCn1c(SCC(=O)Nc2ccccc2F)nnc1[C@@H](CC)N(C)C. The summed E-state index contributed by atoms with van der Waals surface area (Å²) < 4.78 is 15.8. The minimum absolute atomic E-state index is 0.150. The topological polar surface area (TPSA) is 63.1 Å². The van der Waals surface area contributed by atoms with E-state index in [9.17, 15) is 9.18 Å². The van der Waals surface area contributed by atoms with Crippen molar-refractivity contribution < 1.29 is 9.18 Å². The second kappa shape index (κ2) is 10.4. The molecular formula is C19H28FN5OS. The minimum atomic E-state index is -0.444. The Hall–Kier alpha value is -1.93. The van der Waals surface area contributed by atoms with Gasteiger partial charge >= 0.3 is 0 Å². The van der Waals surface area contributed by atoms with Crippen molar-refractivity contribution in [3.63, 3.8) is 0 Å². The number of carbonyl (C=O) groups is 1. The van der Waals surface area contributed by atoms with E-state index in [2.05, 4.69) is 38.8 Å². The van der Waals surface area contributed by atoms with Crippen molar-refractivity contribution in [1.29, 1.82) is 0 Å². The van der Waals surface area contributed by atoms with Gasteiger partial charge in [0.05, 0.1) is 17.5 Å². The number of aromatic nitrogens is 3. The lowest BCUT2D eigenvalue weighted by Crippen LogP contribution is -2.23. The number of carbonyl (C=O) groups excluding carboxylic acids is 1. The number of nitrogens with one attached hydrogen (secondary N) is 1. The molecule has 1 aromatic heterocycles. The first-order chi connectivity index (χ1) is 13.0. The van der Waals surface area contributed by atoms with Crippen molar-refractivity contribution in [1.82, 2.24) is 19.7 Å². The summed E-state index contributed by atoms with van der Waals surface area (Å²) in [5, 5.41) is 12.0. The van der Waals surface area contributed by atoms with Crippen molar-refractivity contribution in [2.75, 3.05) is 25.2 Å². The van der Waals surface area contributed by atoms with Gasteiger partial charge in [-0.25, -0.2) is 4.39 Å². The largest absolute Gasteiger partial charge is 0.323 e. The van der Waals surface area contributed by atoms with Gasteiger partial charge in [0.2, 0.25) is 5.91 Å². The van der Waals surface area contributed by atoms with Crippen LogP contribution in [-0.4, -0.2) is 45.4 Å². The fourth-order valence-electron chi connectivity index (χ4n) is 2.84. The lowest BCUT2D eigenvalue weighted by Gasteiger charge is -2.23. The first kappa shape index (κ1) is 21.4. The number of para-hydroxylation sites is 1. The second-order valence-corrected chi connectivity index (χ2v) is 7.49. The van der Waals surface area contributed by atoms with Gasteiger partial charge in [0.15, 0.2) is 11.0 Å². The molecule has 2 aromatic rings. The van der Waals surface area contributed by atoms with E-state index in [1.807, 2.05) is 14.1 Å². The van der Waals surface area contributed by atoms with Crippen LogP contribution in [0.4, 0.5) is 10.1 Å². The standard InChI is InChI=1S/C19H28FN5OS/c1-5-7-12-25-18(16(6-2)24(3)4)22-23-19(25)27-13-17(26)21-15-11-9-8-10-14(15)20/h8-11,16H,5-7,12-13H2,1-4H3,(H,21,26)/t16-/m1/s1. The lowest BCUT2D eigenvalue weighted by molar-refractivity contribution is -0.113. The number of halogens is 1. The summed E-state index contributed by atoms with van der Waals surface area (Å²) in [6.45, 7) is 5.08. The summed E-state index contributed by atoms with van der Waals surface area (Å²) in [4.78, 5) is 14.3. The number of hydrogen-bond acceptors (Lipinski definition) is 5. The van der Waals surface area contributed by atoms with Crippen LogP contribution in [0.3, 0.4) is 0 Å². The van der Waals surface area contributed by atoms with Crippen molar-refractivity contribution in [3.05, 3.63) is 35.9 Å². The molecule has 1 N–H and O–H groups in total. The highest BCUT2D eigenvalue weighted by Crippen LogP contribution is 2.26. The molecule has 148 valence electrons. The summed E-state index contributed by atoms with van der Waals surface area (Å²) >= 11 is 1.33. The van der Waals surface area contributed by atoms with Gasteiger partial charge in [0.1, 0.15) is 5.82 Å². The molecule has 0 aliphatic heterocycles. The number of nitrogens with zero attached hydrogens (tertiary/aromatic N) is 4. The Kier molecular flexibility index (Phi) is 8.24. The molecule has 1 atom stereocenters. The molecule has 27 heavy (non-hydrogen) atoms. The van der Waals surface area contributed by atoms with E-state index < -0.39 is 5.82 Å². The average molecular weight is 394 g/mol. The Balaban J connectivity index is 2.09. The maximum Gasteiger partial charge on any atom is 0.234 e. The number of rotatable bonds is 10. The van der Waals surface area contributed by atoms with E-state index in [0.717, 1.165) is 36.8 Å². The molecular weight excluding hydrogens is 365 g/mol. The Morgan fingerprint density at radius 3 is 2.67 bits per heavy atom. The normalized spacial score (nSPS) is 12.4. The highest BCUT2D eigenvalue weighted by Gasteiger charge is 2.22. The number of hydrogen-bond donors (Lipinski definition) is 1. The Bertz CT molecular complexity index is 749. The number of amides is 1. The minimum Gasteiger partial charge on any atom is -0.323 e. The first-order valence-electron chi connectivity index (χ1n) is 9.24. The Morgan fingerprint density at radius 1 is 1.30 bits per heavy atom. The van der Waals surface area contributed by atoms with Crippen LogP contribution in [0.1, 0.15) is 45.0 Å². The molecule has 0 aliphatic carbocycles. The monoisotopic (exact) mass is 393 g/mol. The van der Waals surface area contributed by atoms with Crippen LogP contribution >= 0.6 is 11.8 Å². The van der Waals surface area contributed by atoms with Gasteiger partial charge in [-0.3, -0.25) is 9.69 Å². The van der Waals surface area contributed by atoms with Crippen LogP contribution in [0.15, 0.2) is 29.4 Å². The summed E-state index contributed by atoms with van der Waals surface area (Å²) in [5.74, 6) is 0.363. The molecule has 0 saturated heterocycles. The smallest absolute Gasteiger partial charge is 0.234 e. The third-order valence-corrected chi connectivity index (χ3v) is 5.24. The molecule has 1 aromatic carbocycles. The van der Waals surface area contributed by atoms with Gasteiger partial charge in [-0.2, -0.15) is 0 Å². The molecule has 0 spiro atoms. The molecule has 0 radical (unpaired) electrons. The van der Waals surface area contributed by atoms with Crippen LogP contribution in [0.25, 0.3) is 0 Å². The predicted molar refractivity (Wildman–Crippen MR) is 107 cm³/mol. The van der Waals surface area contributed by atoms with Crippen LogP contribution in [-0.2, 0) is 11.3 Å². The van der Waals surface area contributed by atoms with Gasteiger partial charge in [-0.1, -0.05) is 44.2 Å². The summed E-state index contributed by atoms with van der Waals surface area (Å²) in [6, 6.07) is 6.32. The van der Waals surface area contributed by atoms with Gasteiger partial charge in [-0.05, 0) is 39.1 Å². The number of unbranched alkanes of at least 4 members (excludes halogenated alkanes) is 1. The maximum absolute atomic E-state index is 13.7. The van der Waals surface area contributed by atoms with Crippen LogP contribution in [0.5, 0.6) is 0 Å². The number of benzene rings is 1. The van der Waals surface area contributed by atoms with Crippen molar-refractivity contribution in [2.45, 2.75) is 50.9 Å². The summed E-state index contributed by atoms with van der Waals surface area (Å²) in [5.41, 5.74) is 0.190. The average Bonchev–Trinajstić information content (AvgIpc) is 3.03.